The Bertz CT molecular complexity index is 2390. The lowest BCUT2D eigenvalue weighted by atomic mass is 9.66. The number of benzene rings is 3. The number of piperazine rings is 1. The predicted molar refractivity (Wildman–Crippen MR) is 244 cm³/mol. The van der Waals surface area contributed by atoms with Gasteiger partial charge in [0.25, 0.3) is 5.91 Å². The Morgan fingerprint density at radius 3 is 2.00 bits per heavy atom. The van der Waals surface area contributed by atoms with Crippen LogP contribution in [0.3, 0.4) is 0 Å². The lowest BCUT2D eigenvalue weighted by Gasteiger charge is -2.55. The molecule has 6 fully saturated rings. The van der Waals surface area contributed by atoms with Crippen LogP contribution in [0.25, 0.3) is 0 Å². The smallest absolute Gasteiger partial charge is 0.258 e. The molecule has 10 rings (SSSR count). The van der Waals surface area contributed by atoms with Gasteiger partial charge in [-0.25, -0.2) is 8.78 Å². The second-order valence-electron chi connectivity index (χ2n) is 19.6. The third-order valence-electron chi connectivity index (χ3n) is 16.0. The number of nitrogens with one attached hydrogen (secondary N) is 1. The van der Waals surface area contributed by atoms with Crippen LogP contribution < -0.4 is 29.5 Å². The van der Waals surface area contributed by atoms with Crippen molar-refractivity contribution < 1.29 is 42.5 Å². The minimum absolute atomic E-state index is 0.0920. The fourth-order valence-electron chi connectivity index (χ4n) is 12.3. The summed E-state index contributed by atoms with van der Waals surface area (Å²) in [6, 6.07) is 10.2. The molecular formula is C50H61F2N7O7. The second kappa shape index (κ2) is 18.0. The van der Waals surface area contributed by atoms with Crippen LogP contribution >= 0.6 is 0 Å². The molecule has 0 aromatic heterocycles. The average molecular weight is 910 g/mol. The summed E-state index contributed by atoms with van der Waals surface area (Å²) >= 11 is 0. The van der Waals surface area contributed by atoms with E-state index in [-0.39, 0.29) is 35.6 Å². The Balaban J connectivity index is 0.697. The Hall–Kier alpha value is -5.48. The molecule has 352 valence electrons. The molecule has 1 spiro atoms. The number of halogens is 2. The van der Waals surface area contributed by atoms with E-state index in [2.05, 4.69) is 31.0 Å². The van der Waals surface area contributed by atoms with Crippen molar-refractivity contribution in [2.45, 2.75) is 82.8 Å². The number of hydrogen-bond acceptors (Lipinski definition) is 11. The van der Waals surface area contributed by atoms with Crippen molar-refractivity contribution in [3.63, 3.8) is 0 Å². The van der Waals surface area contributed by atoms with Crippen molar-refractivity contribution in [3.8, 4) is 17.2 Å². The van der Waals surface area contributed by atoms with E-state index in [1.165, 1.54) is 23.1 Å². The van der Waals surface area contributed by atoms with Crippen LogP contribution in [0, 0.1) is 28.9 Å². The summed E-state index contributed by atoms with van der Waals surface area (Å²) in [4.78, 5) is 64.3. The highest BCUT2D eigenvalue weighted by molar-refractivity contribution is 6.08. The van der Waals surface area contributed by atoms with E-state index in [1.807, 2.05) is 6.07 Å². The number of phenols is 1. The minimum atomic E-state index is -0.809. The van der Waals surface area contributed by atoms with Crippen molar-refractivity contribution in [3.05, 3.63) is 70.8 Å². The van der Waals surface area contributed by atoms with Gasteiger partial charge in [0.1, 0.15) is 23.4 Å². The van der Waals surface area contributed by atoms with Gasteiger partial charge in [0.15, 0.2) is 11.6 Å². The van der Waals surface area contributed by atoms with Gasteiger partial charge in [-0.2, -0.15) is 0 Å². The zero-order chi connectivity index (χ0) is 45.9. The Kier molecular flexibility index (Phi) is 12.1. The molecule has 1 aliphatic carbocycles. The maximum Gasteiger partial charge on any atom is 0.258 e. The van der Waals surface area contributed by atoms with Crippen molar-refractivity contribution in [2.75, 3.05) is 94.4 Å². The van der Waals surface area contributed by atoms with Crippen LogP contribution in [0.5, 0.6) is 17.2 Å². The molecule has 2 atom stereocenters. The highest BCUT2D eigenvalue weighted by Crippen LogP contribution is 2.63. The third kappa shape index (κ3) is 7.90. The normalized spacial score (nSPS) is 24.3. The van der Waals surface area contributed by atoms with Gasteiger partial charge in [-0.1, -0.05) is 18.9 Å². The van der Waals surface area contributed by atoms with Gasteiger partial charge in [-0.15, -0.1) is 0 Å². The van der Waals surface area contributed by atoms with E-state index in [4.69, 9.17) is 9.47 Å². The number of nitrogens with zero attached hydrogens (tertiary/aromatic N) is 6. The third-order valence-corrected chi connectivity index (χ3v) is 16.0. The molecule has 6 heterocycles. The molecule has 0 unspecified atom stereocenters. The number of aromatic hydroxyl groups is 1. The Morgan fingerprint density at radius 2 is 1.38 bits per heavy atom. The number of amides is 4. The summed E-state index contributed by atoms with van der Waals surface area (Å²) in [5.74, 6) is -0.749. The highest BCUT2D eigenvalue weighted by Gasteiger charge is 2.63. The fourth-order valence-corrected chi connectivity index (χ4v) is 12.3. The number of β-lactam (4-membered cyclic amide) rings is 1. The lowest BCUT2D eigenvalue weighted by molar-refractivity contribution is -0.140. The van der Waals surface area contributed by atoms with Gasteiger partial charge in [0.05, 0.1) is 42.6 Å². The topological polar surface area (TPSA) is 138 Å². The SMILES string of the molecule is COc1cc(N2CCC(CN3CCN(CC4CCN(c5cc6c(c(OC)c5)C(=O)N([C@H]5CCC(=O)NC5=O)C6)CC4)CC3)CC2)c(F)cc1[C@@H]1N(c2cccc(F)c2O)C(=O)C12CCCC2. The van der Waals surface area contributed by atoms with Gasteiger partial charge in [-0.3, -0.25) is 29.4 Å². The Morgan fingerprint density at radius 1 is 0.742 bits per heavy atom. The molecule has 0 radical (unpaired) electrons. The fraction of sp³-hybridized carbons (Fsp3) is 0.560. The van der Waals surface area contributed by atoms with E-state index in [0.29, 0.717) is 66.0 Å². The van der Waals surface area contributed by atoms with Crippen LogP contribution in [0.15, 0.2) is 42.5 Å². The highest BCUT2D eigenvalue weighted by atomic mass is 19.1. The first-order valence-corrected chi connectivity index (χ1v) is 23.9. The summed E-state index contributed by atoms with van der Waals surface area (Å²) in [5.41, 5.74) is 2.78. The molecule has 7 aliphatic rings. The molecule has 2 N–H and O–H groups in total. The lowest BCUT2D eigenvalue weighted by Crippen LogP contribution is -2.62. The molecule has 16 heteroatoms. The maximum atomic E-state index is 16.3. The van der Waals surface area contributed by atoms with Crippen molar-refractivity contribution in [2.24, 2.45) is 17.3 Å². The van der Waals surface area contributed by atoms with Crippen LogP contribution in [-0.2, 0) is 20.9 Å². The van der Waals surface area contributed by atoms with Gasteiger partial charge in [-0.05, 0) is 86.6 Å². The number of hydrogen-bond donors (Lipinski definition) is 2. The van der Waals surface area contributed by atoms with Crippen LogP contribution in [0.1, 0.15) is 91.7 Å². The predicted octanol–water partition coefficient (Wildman–Crippen LogP) is 5.85. The molecular weight excluding hydrogens is 849 g/mol. The van der Waals surface area contributed by atoms with Crippen LogP contribution in [0.2, 0.25) is 0 Å². The number of fused-ring (bicyclic) bond motifs is 1. The monoisotopic (exact) mass is 909 g/mol. The molecule has 1 saturated carbocycles. The number of piperidine rings is 3. The van der Waals surface area contributed by atoms with E-state index in [0.717, 1.165) is 121 Å². The number of methoxy groups -OCH3 is 2. The quantitative estimate of drug-likeness (QED) is 0.177. The largest absolute Gasteiger partial charge is 0.503 e. The molecule has 14 nitrogen and oxygen atoms in total. The summed E-state index contributed by atoms with van der Waals surface area (Å²) < 4.78 is 42.4. The molecule has 4 amide bonds. The van der Waals surface area contributed by atoms with Gasteiger partial charge in [0, 0.05) is 102 Å². The first kappa shape index (κ1) is 44.4. The van der Waals surface area contributed by atoms with E-state index >= 15 is 4.39 Å². The first-order chi connectivity index (χ1) is 32.0. The summed E-state index contributed by atoms with van der Waals surface area (Å²) in [6.45, 7) is 9.88. The van der Waals surface area contributed by atoms with E-state index < -0.39 is 35.0 Å². The number of phenolic OH excluding ortho intramolecular Hbond substituents is 1. The van der Waals surface area contributed by atoms with E-state index in [1.54, 1.807) is 25.2 Å². The average Bonchev–Trinajstić information content (AvgIpc) is 3.97. The van der Waals surface area contributed by atoms with Gasteiger partial charge < -0.3 is 39.1 Å². The van der Waals surface area contributed by atoms with E-state index in [9.17, 15) is 28.7 Å². The number of carbonyl (C=O) groups excluding carboxylic acids is 4. The molecule has 66 heavy (non-hydrogen) atoms. The van der Waals surface area contributed by atoms with Crippen molar-refractivity contribution in [1.29, 1.82) is 0 Å². The number of carbonyl (C=O) groups is 4. The minimum Gasteiger partial charge on any atom is -0.503 e. The molecule has 6 aliphatic heterocycles. The number of rotatable bonds is 11. The van der Waals surface area contributed by atoms with Crippen molar-refractivity contribution in [1.82, 2.24) is 20.0 Å². The van der Waals surface area contributed by atoms with Crippen LogP contribution in [0.4, 0.5) is 25.8 Å². The Labute approximate surface area is 384 Å². The standard InChI is InChI=1S/C50H61F2N7O7/c1-65-41-27-40(37(52)26-35(41)46-50(14-3-4-15-50)49(64)59(46)38-7-5-6-36(51)45(38)61)57-18-12-32(13-19-57)29-55-22-20-54(21-23-55)28-31-10-16-56(17-11-31)34-24-33-30-58(39-8-9-43(60)53-47(39)62)48(63)44(33)42(25-34)66-2/h5-7,24-27,31-32,39,46,61H,3-4,8-23,28-30H2,1-2H3,(H,53,60,62)/t39-,46-/m0/s1. The molecule has 0 bridgehead atoms. The number of anilines is 3. The molecule has 3 aromatic carbocycles. The number of ether oxygens (including phenoxy) is 2. The van der Waals surface area contributed by atoms with Gasteiger partial charge in [0.2, 0.25) is 17.7 Å². The molecule has 3 aromatic rings. The number of imide groups is 1. The summed E-state index contributed by atoms with van der Waals surface area (Å²) in [7, 11) is 3.13. The first-order valence-electron chi connectivity index (χ1n) is 23.9. The maximum absolute atomic E-state index is 16.3. The second-order valence-corrected chi connectivity index (χ2v) is 19.6. The van der Waals surface area contributed by atoms with Gasteiger partial charge >= 0.3 is 0 Å². The number of para-hydroxylation sites is 1. The zero-order valence-corrected chi connectivity index (χ0v) is 38.0. The summed E-state index contributed by atoms with van der Waals surface area (Å²) in [6.07, 6.45) is 7.66. The van der Waals surface area contributed by atoms with Crippen LogP contribution in [-0.4, -0.2) is 129 Å². The summed E-state index contributed by atoms with van der Waals surface area (Å²) in [5, 5.41) is 13.0. The van der Waals surface area contributed by atoms with Crippen molar-refractivity contribution >= 4 is 40.7 Å². The molecule has 5 saturated heterocycles. The zero-order valence-electron chi connectivity index (χ0n) is 38.0.